The summed E-state index contributed by atoms with van der Waals surface area (Å²) in [6, 6.07) is 4.95. The third-order valence-electron chi connectivity index (χ3n) is 1.95. The summed E-state index contributed by atoms with van der Waals surface area (Å²) in [7, 11) is 0. The van der Waals surface area contributed by atoms with Crippen LogP contribution in [0.5, 0.6) is 0 Å². The Kier molecular flexibility index (Phi) is 2.81. The van der Waals surface area contributed by atoms with Crippen molar-refractivity contribution < 1.29 is 8.81 Å². The molecule has 1 aromatic carbocycles. The van der Waals surface area contributed by atoms with Gasteiger partial charge in [0.15, 0.2) is 0 Å². The fraction of sp³-hybridized carbons (Fsp3) is 0.200. The lowest BCUT2D eigenvalue weighted by atomic mass is 10.2. The highest BCUT2D eigenvalue weighted by molar-refractivity contribution is 9.10. The highest BCUT2D eigenvalue weighted by atomic mass is 79.9. The summed E-state index contributed by atoms with van der Waals surface area (Å²) >= 11 is 3.10. The number of aryl methyl sites for hydroxylation is 1. The standard InChI is InChI=1S/C10H8BrFN2O/c1-2-8-13-14-10(15-8)6-4-3-5-7(11)9(6)12/h3-5H,2H2,1H3. The average molecular weight is 271 g/mol. The zero-order chi connectivity index (χ0) is 10.8. The highest BCUT2D eigenvalue weighted by Gasteiger charge is 2.13. The van der Waals surface area contributed by atoms with Gasteiger partial charge in [-0.25, -0.2) is 4.39 Å². The number of rotatable bonds is 2. The largest absolute Gasteiger partial charge is 0.421 e. The van der Waals surface area contributed by atoms with Crippen LogP contribution in [0.4, 0.5) is 4.39 Å². The molecule has 2 aromatic rings. The maximum atomic E-state index is 13.6. The second-order valence-electron chi connectivity index (χ2n) is 2.96. The summed E-state index contributed by atoms with van der Waals surface area (Å²) in [5.41, 5.74) is 0.316. The summed E-state index contributed by atoms with van der Waals surface area (Å²) < 4.78 is 19.3. The van der Waals surface area contributed by atoms with Crippen LogP contribution in [0.1, 0.15) is 12.8 Å². The zero-order valence-electron chi connectivity index (χ0n) is 8.00. The molecule has 15 heavy (non-hydrogen) atoms. The second-order valence-corrected chi connectivity index (χ2v) is 3.81. The van der Waals surface area contributed by atoms with E-state index in [1.807, 2.05) is 6.92 Å². The van der Waals surface area contributed by atoms with Gasteiger partial charge in [0.2, 0.25) is 5.89 Å². The minimum atomic E-state index is -0.385. The molecule has 0 spiro atoms. The molecular weight excluding hydrogens is 263 g/mol. The van der Waals surface area contributed by atoms with Crippen LogP contribution in [-0.2, 0) is 6.42 Å². The van der Waals surface area contributed by atoms with E-state index in [1.54, 1.807) is 18.2 Å². The van der Waals surface area contributed by atoms with Gasteiger partial charge in [0, 0.05) is 6.42 Å². The Hall–Kier alpha value is -1.23. The van der Waals surface area contributed by atoms with Gasteiger partial charge in [-0.1, -0.05) is 13.0 Å². The fourth-order valence-corrected chi connectivity index (χ4v) is 1.54. The van der Waals surface area contributed by atoms with Crippen molar-refractivity contribution in [3.8, 4) is 11.5 Å². The Morgan fingerprint density at radius 1 is 1.40 bits per heavy atom. The third-order valence-corrected chi connectivity index (χ3v) is 2.56. The lowest BCUT2D eigenvalue weighted by Crippen LogP contribution is -1.85. The van der Waals surface area contributed by atoms with Crippen LogP contribution in [0.2, 0.25) is 0 Å². The van der Waals surface area contributed by atoms with Crippen molar-refractivity contribution in [2.45, 2.75) is 13.3 Å². The van der Waals surface area contributed by atoms with Gasteiger partial charge < -0.3 is 4.42 Å². The molecule has 1 aromatic heterocycles. The van der Waals surface area contributed by atoms with E-state index in [2.05, 4.69) is 26.1 Å². The number of aromatic nitrogens is 2. The molecule has 3 nitrogen and oxygen atoms in total. The molecule has 0 radical (unpaired) electrons. The van der Waals surface area contributed by atoms with Gasteiger partial charge in [-0.05, 0) is 28.1 Å². The van der Waals surface area contributed by atoms with Gasteiger partial charge in [0.25, 0.3) is 5.89 Å². The van der Waals surface area contributed by atoms with Crippen LogP contribution in [0.25, 0.3) is 11.5 Å². The first-order valence-corrected chi connectivity index (χ1v) is 5.28. The topological polar surface area (TPSA) is 38.9 Å². The molecule has 1 heterocycles. The molecule has 5 heteroatoms. The van der Waals surface area contributed by atoms with Crippen molar-refractivity contribution in [3.05, 3.63) is 34.4 Å². The minimum Gasteiger partial charge on any atom is -0.421 e. The third kappa shape index (κ3) is 1.92. The smallest absolute Gasteiger partial charge is 0.250 e. The van der Waals surface area contributed by atoms with Gasteiger partial charge in [-0.2, -0.15) is 0 Å². The van der Waals surface area contributed by atoms with Crippen LogP contribution in [0.15, 0.2) is 27.1 Å². The molecule has 0 fully saturated rings. The fourth-order valence-electron chi connectivity index (χ4n) is 1.17. The van der Waals surface area contributed by atoms with Crippen LogP contribution < -0.4 is 0 Å². The molecule has 0 saturated heterocycles. The average Bonchev–Trinajstić information content (AvgIpc) is 2.70. The number of benzene rings is 1. The summed E-state index contributed by atoms with van der Waals surface area (Å²) in [5.74, 6) is 0.332. The van der Waals surface area contributed by atoms with Crippen molar-refractivity contribution in [2.24, 2.45) is 0 Å². The first kappa shape index (κ1) is 10.3. The van der Waals surface area contributed by atoms with E-state index in [4.69, 9.17) is 4.42 Å². The number of hydrogen-bond donors (Lipinski definition) is 0. The van der Waals surface area contributed by atoms with E-state index in [9.17, 15) is 4.39 Å². The quantitative estimate of drug-likeness (QED) is 0.841. The Labute approximate surface area is 94.5 Å². The van der Waals surface area contributed by atoms with E-state index in [1.165, 1.54) is 0 Å². The van der Waals surface area contributed by atoms with Gasteiger partial charge in [-0.15, -0.1) is 10.2 Å². The monoisotopic (exact) mass is 270 g/mol. The first-order chi connectivity index (χ1) is 7.22. The van der Waals surface area contributed by atoms with E-state index in [0.717, 1.165) is 0 Å². The molecule has 0 bridgehead atoms. The molecule has 0 aliphatic rings. The predicted octanol–water partition coefficient (Wildman–Crippen LogP) is 3.20. The summed E-state index contributed by atoms with van der Waals surface area (Å²) in [6.45, 7) is 1.90. The Balaban J connectivity index is 2.49. The highest BCUT2D eigenvalue weighted by Crippen LogP contribution is 2.26. The van der Waals surface area contributed by atoms with Crippen LogP contribution in [-0.4, -0.2) is 10.2 Å². The molecular formula is C10H8BrFN2O. The molecule has 0 aliphatic heterocycles. The summed E-state index contributed by atoms with van der Waals surface area (Å²) in [4.78, 5) is 0. The Morgan fingerprint density at radius 3 is 2.87 bits per heavy atom. The van der Waals surface area contributed by atoms with Gasteiger partial charge in [0.05, 0.1) is 10.0 Å². The predicted molar refractivity (Wildman–Crippen MR) is 56.8 cm³/mol. The van der Waals surface area contributed by atoms with E-state index in [-0.39, 0.29) is 11.7 Å². The van der Waals surface area contributed by atoms with Crippen molar-refractivity contribution in [1.82, 2.24) is 10.2 Å². The molecule has 0 atom stereocenters. The van der Waals surface area contributed by atoms with Crippen molar-refractivity contribution in [3.63, 3.8) is 0 Å². The molecule has 0 unspecified atom stereocenters. The van der Waals surface area contributed by atoms with E-state index in [0.29, 0.717) is 22.3 Å². The van der Waals surface area contributed by atoms with E-state index >= 15 is 0 Å². The normalized spacial score (nSPS) is 10.6. The Bertz CT molecular complexity index is 484. The van der Waals surface area contributed by atoms with Crippen LogP contribution in [0.3, 0.4) is 0 Å². The maximum Gasteiger partial charge on any atom is 0.250 e. The van der Waals surface area contributed by atoms with Crippen molar-refractivity contribution in [1.29, 1.82) is 0 Å². The number of halogens is 2. The van der Waals surface area contributed by atoms with Crippen LogP contribution in [0, 0.1) is 5.82 Å². The van der Waals surface area contributed by atoms with E-state index < -0.39 is 0 Å². The van der Waals surface area contributed by atoms with Gasteiger partial charge in [0.1, 0.15) is 5.82 Å². The van der Waals surface area contributed by atoms with Gasteiger partial charge in [-0.3, -0.25) is 0 Å². The van der Waals surface area contributed by atoms with Gasteiger partial charge >= 0.3 is 0 Å². The summed E-state index contributed by atoms with van der Waals surface area (Å²) in [6.07, 6.45) is 0.641. The number of nitrogens with zero attached hydrogens (tertiary/aromatic N) is 2. The second kappa shape index (κ2) is 4.10. The summed E-state index contributed by atoms with van der Waals surface area (Å²) in [5, 5.41) is 7.56. The maximum absolute atomic E-state index is 13.6. The van der Waals surface area contributed by atoms with Crippen molar-refractivity contribution in [2.75, 3.05) is 0 Å². The minimum absolute atomic E-state index is 0.214. The molecule has 78 valence electrons. The molecule has 0 N–H and O–H groups in total. The molecule has 0 aliphatic carbocycles. The first-order valence-electron chi connectivity index (χ1n) is 4.49. The zero-order valence-corrected chi connectivity index (χ0v) is 9.58. The van der Waals surface area contributed by atoms with Crippen LogP contribution >= 0.6 is 15.9 Å². The SMILES string of the molecule is CCc1nnc(-c2cccc(Br)c2F)o1. The molecule has 2 rings (SSSR count). The number of hydrogen-bond acceptors (Lipinski definition) is 3. The molecule has 0 amide bonds. The molecule has 0 saturated carbocycles. The Morgan fingerprint density at radius 2 is 2.20 bits per heavy atom. The lowest BCUT2D eigenvalue weighted by molar-refractivity contribution is 0.507. The lowest BCUT2D eigenvalue weighted by Gasteiger charge is -1.98. The van der Waals surface area contributed by atoms with Crippen molar-refractivity contribution >= 4 is 15.9 Å².